The molecule has 0 fully saturated rings. The predicted octanol–water partition coefficient (Wildman–Crippen LogP) is 5.00. The largest absolute Gasteiger partial charge is 0.465 e. The van der Waals surface area contributed by atoms with E-state index in [1.807, 2.05) is 30.5 Å². The fourth-order valence-electron chi connectivity index (χ4n) is 3.13. The second-order valence-corrected chi connectivity index (χ2v) is 6.60. The van der Waals surface area contributed by atoms with Crippen LogP contribution in [-0.4, -0.2) is 19.3 Å². The fourth-order valence-corrected chi connectivity index (χ4v) is 3.90. The number of hydrogen-bond donors (Lipinski definition) is 0. The number of rotatable bonds is 3. The second kappa shape index (κ2) is 6.35. The van der Waals surface area contributed by atoms with E-state index in [2.05, 4.69) is 6.07 Å². The average Bonchev–Trinajstić information content (AvgIpc) is 3.02. The highest BCUT2D eigenvalue weighted by Crippen LogP contribution is 2.40. The lowest BCUT2D eigenvalue weighted by Gasteiger charge is -2.16. The van der Waals surface area contributed by atoms with Gasteiger partial charge in [-0.2, -0.15) is 0 Å². The van der Waals surface area contributed by atoms with Crippen molar-refractivity contribution in [3.63, 3.8) is 0 Å². The van der Waals surface area contributed by atoms with Crippen molar-refractivity contribution in [1.82, 2.24) is 0 Å². The summed E-state index contributed by atoms with van der Waals surface area (Å²) in [5.74, 6) is -0.231. The molecule has 0 aliphatic heterocycles. The van der Waals surface area contributed by atoms with Gasteiger partial charge >= 0.3 is 5.97 Å². The molecule has 0 heterocycles. The van der Waals surface area contributed by atoms with E-state index < -0.39 is 0 Å². The molecule has 0 saturated carbocycles. The number of hydrogen-bond acceptors (Lipinski definition) is 3. The summed E-state index contributed by atoms with van der Waals surface area (Å²) in [5, 5.41) is 0.733. The molecule has 2 aromatic carbocycles. The minimum atomic E-state index is -0.231. The van der Waals surface area contributed by atoms with E-state index in [9.17, 15) is 4.79 Å². The zero-order chi connectivity index (χ0) is 15.7. The molecule has 0 radical (unpaired) electrons. The third kappa shape index (κ3) is 2.64. The molecule has 114 valence electrons. The standard InChI is InChI=1S/C18H17ClO2S/c1-21-18(20)17-14-5-3-4-13(14)15(10-16(17)22-2)11-6-8-12(19)9-7-11/h6-10H,3-5H2,1-2H3. The van der Waals surface area contributed by atoms with Gasteiger partial charge < -0.3 is 4.74 Å². The normalized spacial score (nSPS) is 13.0. The molecule has 2 aromatic rings. The van der Waals surface area contributed by atoms with Crippen molar-refractivity contribution < 1.29 is 9.53 Å². The molecule has 0 bridgehead atoms. The monoisotopic (exact) mass is 332 g/mol. The predicted molar refractivity (Wildman–Crippen MR) is 92.0 cm³/mol. The molecule has 0 unspecified atom stereocenters. The first-order valence-corrected chi connectivity index (χ1v) is 8.83. The summed E-state index contributed by atoms with van der Waals surface area (Å²) in [6.45, 7) is 0. The molecule has 0 amide bonds. The number of thioether (sulfide) groups is 1. The number of esters is 1. The topological polar surface area (TPSA) is 26.3 Å². The molecule has 1 aliphatic rings. The zero-order valence-electron chi connectivity index (χ0n) is 12.6. The maximum atomic E-state index is 12.2. The summed E-state index contributed by atoms with van der Waals surface area (Å²) >= 11 is 7.59. The lowest BCUT2D eigenvalue weighted by Crippen LogP contribution is -2.08. The Morgan fingerprint density at radius 1 is 1.18 bits per heavy atom. The Labute approximate surface area is 139 Å². The van der Waals surface area contributed by atoms with Crippen molar-refractivity contribution in [2.24, 2.45) is 0 Å². The zero-order valence-corrected chi connectivity index (χ0v) is 14.2. The van der Waals surface area contributed by atoms with Gasteiger partial charge in [-0.05, 0) is 66.0 Å². The first-order valence-electron chi connectivity index (χ1n) is 7.22. The number of carbonyl (C=O) groups excluding carboxylic acids is 1. The molecule has 1 aliphatic carbocycles. The Hall–Kier alpha value is -1.45. The van der Waals surface area contributed by atoms with E-state index in [-0.39, 0.29) is 5.97 Å². The van der Waals surface area contributed by atoms with Gasteiger partial charge in [0.1, 0.15) is 0 Å². The van der Waals surface area contributed by atoms with Gasteiger partial charge in [-0.25, -0.2) is 4.79 Å². The minimum absolute atomic E-state index is 0.231. The molecular formula is C18H17ClO2S. The Balaban J connectivity index is 2.23. The first kappa shape index (κ1) is 15.4. The van der Waals surface area contributed by atoms with Gasteiger partial charge in [0, 0.05) is 9.92 Å². The molecule has 0 atom stereocenters. The molecule has 2 nitrogen and oxygen atoms in total. The third-order valence-electron chi connectivity index (χ3n) is 4.13. The van der Waals surface area contributed by atoms with E-state index in [1.165, 1.54) is 18.2 Å². The Kier molecular flexibility index (Phi) is 4.46. The van der Waals surface area contributed by atoms with Crippen LogP contribution in [0, 0.1) is 0 Å². The summed E-state index contributed by atoms with van der Waals surface area (Å²) in [6, 6.07) is 10.0. The van der Waals surface area contributed by atoms with Gasteiger partial charge in [-0.3, -0.25) is 0 Å². The van der Waals surface area contributed by atoms with Crippen LogP contribution >= 0.6 is 23.4 Å². The Bertz CT molecular complexity index is 723. The third-order valence-corrected chi connectivity index (χ3v) is 5.14. The molecule has 0 aromatic heterocycles. The number of carbonyl (C=O) groups is 1. The quantitative estimate of drug-likeness (QED) is 0.584. The summed E-state index contributed by atoms with van der Waals surface area (Å²) in [4.78, 5) is 13.2. The molecule has 0 N–H and O–H groups in total. The number of halogens is 1. The van der Waals surface area contributed by atoms with E-state index in [4.69, 9.17) is 16.3 Å². The van der Waals surface area contributed by atoms with Crippen LogP contribution in [0.3, 0.4) is 0 Å². The van der Waals surface area contributed by atoms with Crippen molar-refractivity contribution in [3.8, 4) is 11.1 Å². The molecule has 0 spiro atoms. The van der Waals surface area contributed by atoms with E-state index >= 15 is 0 Å². The molecule has 3 rings (SSSR count). The fraction of sp³-hybridized carbons (Fsp3) is 0.278. The summed E-state index contributed by atoms with van der Waals surface area (Å²) < 4.78 is 5.00. The highest BCUT2D eigenvalue weighted by Gasteiger charge is 2.26. The Morgan fingerprint density at radius 2 is 1.86 bits per heavy atom. The highest BCUT2D eigenvalue weighted by molar-refractivity contribution is 7.98. The SMILES string of the molecule is COC(=O)c1c(SC)cc(-c2ccc(Cl)cc2)c2c1CCC2. The van der Waals surface area contributed by atoms with Crippen molar-refractivity contribution in [2.75, 3.05) is 13.4 Å². The van der Waals surface area contributed by atoms with Gasteiger partial charge in [-0.15, -0.1) is 11.8 Å². The van der Waals surface area contributed by atoms with Crippen LogP contribution in [0.4, 0.5) is 0 Å². The van der Waals surface area contributed by atoms with Gasteiger partial charge in [-0.1, -0.05) is 23.7 Å². The minimum Gasteiger partial charge on any atom is -0.465 e. The van der Waals surface area contributed by atoms with Crippen LogP contribution in [0.2, 0.25) is 5.02 Å². The molecule has 22 heavy (non-hydrogen) atoms. The lowest BCUT2D eigenvalue weighted by molar-refractivity contribution is 0.0595. The van der Waals surface area contributed by atoms with Crippen LogP contribution in [0.5, 0.6) is 0 Å². The lowest BCUT2D eigenvalue weighted by atomic mass is 9.93. The van der Waals surface area contributed by atoms with Gasteiger partial charge in [0.15, 0.2) is 0 Å². The number of ether oxygens (including phenoxy) is 1. The van der Waals surface area contributed by atoms with Crippen molar-refractivity contribution >= 4 is 29.3 Å². The van der Waals surface area contributed by atoms with E-state index in [0.29, 0.717) is 0 Å². The van der Waals surface area contributed by atoms with Gasteiger partial charge in [0.25, 0.3) is 0 Å². The highest BCUT2D eigenvalue weighted by atomic mass is 35.5. The van der Waals surface area contributed by atoms with E-state index in [0.717, 1.165) is 45.9 Å². The maximum absolute atomic E-state index is 12.2. The number of fused-ring (bicyclic) bond motifs is 1. The van der Waals surface area contributed by atoms with Gasteiger partial charge in [0.2, 0.25) is 0 Å². The first-order chi connectivity index (χ1) is 10.7. The molecular weight excluding hydrogens is 316 g/mol. The summed E-state index contributed by atoms with van der Waals surface area (Å²) in [5.41, 5.74) is 5.54. The van der Waals surface area contributed by atoms with E-state index in [1.54, 1.807) is 11.8 Å². The van der Waals surface area contributed by atoms with Crippen LogP contribution in [0.25, 0.3) is 11.1 Å². The summed E-state index contributed by atoms with van der Waals surface area (Å²) in [7, 11) is 1.45. The van der Waals surface area contributed by atoms with Crippen LogP contribution in [-0.2, 0) is 17.6 Å². The molecule has 4 heteroatoms. The number of benzene rings is 2. The van der Waals surface area contributed by atoms with Crippen LogP contribution < -0.4 is 0 Å². The average molecular weight is 333 g/mol. The number of methoxy groups -OCH3 is 1. The Morgan fingerprint density at radius 3 is 2.50 bits per heavy atom. The van der Waals surface area contributed by atoms with Gasteiger partial charge in [0.05, 0.1) is 12.7 Å². The second-order valence-electron chi connectivity index (χ2n) is 5.31. The van der Waals surface area contributed by atoms with Crippen molar-refractivity contribution in [1.29, 1.82) is 0 Å². The smallest absolute Gasteiger partial charge is 0.339 e. The summed E-state index contributed by atoms with van der Waals surface area (Å²) in [6.07, 6.45) is 5.02. The van der Waals surface area contributed by atoms with Crippen LogP contribution in [0.15, 0.2) is 35.2 Å². The molecule has 0 saturated heterocycles. The van der Waals surface area contributed by atoms with Crippen LogP contribution in [0.1, 0.15) is 27.9 Å². The van der Waals surface area contributed by atoms with Crippen molar-refractivity contribution in [3.05, 3.63) is 52.0 Å². The maximum Gasteiger partial charge on any atom is 0.339 e. The van der Waals surface area contributed by atoms with Crippen molar-refractivity contribution in [2.45, 2.75) is 24.2 Å².